The molecule has 3 nitrogen and oxygen atoms in total. The molecule has 1 N–H and O–H groups in total. The van der Waals surface area contributed by atoms with Gasteiger partial charge in [0.1, 0.15) is 5.82 Å². The van der Waals surface area contributed by atoms with Crippen molar-refractivity contribution >= 4 is 5.82 Å². The molecule has 0 aliphatic carbocycles. The zero-order valence-electron chi connectivity index (χ0n) is 14.2. The van der Waals surface area contributed by atoms with E-state index in [9.17, 15) is 0 Å². The van der Waals surface area contributed by atoms with Gasteiger partial charge in [-0.3, -0.25) is 0 Å². The first-order chi connectivity index (χ1) is 10.1. The highest BCUT2D eigenvalue weighted by molar-refractivity contribution is 5.43. The van der Waals surface area contributed by atoms with Gasteiger partial charge in [0.25, 0.3) is 0 Å². The number of aryl methyl sites for hydroxylation is 1. The smallest absolute Gasteiger partial charge is 0.129 e. The van der Waals surface area contributed by atoms with Gasteiger partial charge in [-0.05, 0) is 44.2 Å². The molecule has 0 saturated carbocycles. The van der Waals surface area contributed by atoms with Crippen LogP contribution in [0.25, 0.3) is 0 Å². The van der Waals surface area contributed by atoms with Crippen molar-refractivity contribution in [3.63, 3.8) is 0 Å². The van der Waals surface area contributed by atoms with E-state index in [-0.39, 0.29) is 0 Å². The van der Waals surface area contributed by atoms with Gasteiger partial charge in [0.15, 0.2) is 0 Å². The molecule has 0 spiro atoms. The van der Waals surface area contributed by atoms with E-state index < -0.39 is 0 Å². The number of aromatic nitrogens is 1. The van der Waals surface area contributed by atoms with Crippen molar-refractivity contribution in [1.29, 1.82) is 0 Å². The number of piperidine rings is 1. The van der Waals surface area contributed by atoms with Crippen LogP contribution in [0.3, 0.4) is 0 Å². The monoisotopic (exact) mass is 289 g/mol. The summed E-state index contributed by atoms with van der Waals surface area (Å²) in [6, 6.07) is 5.68. The van der Waals surface area contributed by atoms with Gasteiger partial charge in [-0.1, -0.05) is 33.3 Å². The Kier molecular flexibility index (Phi) is 6.04. The highest BCUT2D eigenvalue weighted by Gasteiger charge is 2.23. The molecule has 2 heterocycles. The van der Waals surface area contributed by atoms with Gasteiger partial charge in [0, 0.05) is 30.9 Å². The van der Waals surface area contributed by atoms with Crippen LogP contribution in [-0.4, -0.2) is 23.6 Å². The van der Waals surface area contributed by atoms with Gasteiger partial charge in [-0.2, -0.15) is 0 Å². The molecule has 1 saturated heterocycles. The van der Waals surface area contributed by atoms with Crippen LogP contribution in [0.2, 0.25) is 0 Å². The Hall–Kier alpha value is -1.09. The maximum atomic E-state index is 4.89. The Labute approximate surface area is 130 Å². The third-order valence-electron chi connectivity index (χ3n) is 4.42. The van der Waals surface area contributed by atoms with Crippen molar-refractivity contribution in [2.75, 3.05) is 11.4 Å². The fraction of sp³-hybridized carbons (Fsp3) is 0.722. The van der Waals surface area contributed by atoms with E-state index >= 15 is 0 Å². The number of pyridine rings is 1. The van der Waals surface area contributed by atoms with Crippen LogP contribution in [-0.2, 0) is 6.54 Å². The Morgan fingerprint density at radius 2 is 2.14 bits per heavy atom. The fourth-order valence-corrected chi connectivity index (χ4v) is 3.17. The second-order valence-electron chi connectivity index (χ2n) is 6.58. The first-order valence-corrected chi connectivity index (χ1v) is 8.58. The second kappa shape index (κ2) is 7.79. The van der Waals surface area contributed by atoms with Crippen molar-refractivity contribution in [1.82, 2.24) is 10.3 Å². The number of hydrogen-bond acceptors (Lipinski definition) is 3. The highest BCUT2D eigenvalue weighted by atomic mass is 15.2. The predicted molar refractivity (Wildman–Crippen MR) is 90.8 cm³/mol. The molecule has 3 heteroatoms. The topological polar surface area (TPSA) is 28.2 Å². The summed E-state index contributed by atoms with van der Waals surface area (Å²) in [4.78, 5) is 7.43. The van der Waals surface area contributed by atoms with Crippen molar-refractivity contribution in [3.8, 4) is 0 Å². The number of anilines is 1. The van der Waals surface area contributed by atoms with Gasteiger partial charge in [-0.25, -0.2) is 4.98 Å². The summed E-state index contributed by atoms with van der Waals surface area (Å²) >= 11 is 0. The van der Waals surface area contributed by atoms with Crippen molar-refractivity contribution < 1.29 is 0 Å². The molecule has 0 bridgehead atoms. The van der Waals surface area contributed by atoms with Gasteiger partial charge in [0.2, 0.25) is 0 Å². The summed E-state index contributed by atoms with van der Waals surface area (Å²) in [5.74, 6) is 1.18. The minimum Gasteiger partial charge on any atom is -0.354 e. The average Bonchev–Trinajstić information content (AvgIpc) is 2.47. The summed E-state index contributed by atoms with van der Waals surface area (Å²) in [5, 5.41) is 3.48. The van der Waals surface area contributed by atoms with Crippen molar-refractivity contribution in [3.05, 3.63) is 23.4 Å². The lowest BCUT2D eigenvalue weighted by Crippen LogP contribution is -2.40. The van der Waals surface area contributed by atoms with Gasteiger partial charge >= 0.3 is 0 Å². The maximum absolute atomic E-state index is 4.89. The van der Waals surface area contributed by atoms with E-state index in [0.29, 0.717) is 12.1 Å². The number of hydrogen-bond donors (Lipinski definition) is 1. The van der Waals surface area contributed by atoms with Gasteiger partial charge in [0.05, 0.1) is 0 Å². The standard InChI is InChI=1S/C18H31N3/c1-5-8-17-9-6-7-12-21(17)18-11-10-16(15(4)20-18)13-19-14(2)3/h10-11,14,17,19H,5-9,12-13H2,1-4H3. The zero-order chi connectivity index (χ0) is 15.2. The largest absolute Gasteiger partial charge is 0.354 e. The molecule has 1 aliphatic heterocycles. The van der Waals surface area contributed by atoms with Crippen molar-refractivity contribution in [2.24, 2.45) is 0 Å². The lowest BCUT2D eigenvalue weighted by Gasteiger charge is -2.37. The molecule has 0 aromatic carbocycles. The van der Waals surface area contributed by atoms with Crippen LogP contribution in [0.1, 0.15) is 64.1 Å². The molecule has 0 radical (unpaired) electrons. The molecule has 1 atom stereocenters. The lowest BCUT2D eigenvalue weighted by molar-refractivity contribution is 0.431. The quantitative estimate of drug-likeness (QED) is 0.856. The molecule has 0 amide bonds. The molecule has 118 valence electrons. The minimum absolute atomic E-state index is 0.514. The van der Waals surface area contributed by atoms with E-state index in [1.165, 1.54) is 55.7 Å². The second-order valence-corrected chi connectivity index (χ2v) is 6.58. The highest BCUT2D eigenvalue weighted by Crippen LogP contribution is 2.26. The van der Waals surface area contributed by atoms with Crippen LogP contribution < -0.4 is 10.2 Å². The first-order valence-electron chi connectivity index (χ1n) is 8.58. The normalized spacial score (nSPS) is 19.3. The summed E-state index contributed by atoms with van der Waals surface area (Å²) in [6.45, 7) is 10.9. The van der Waals surface area contributed by atoms with E-state index in [0.717, 1.165) is 6.54 Å². The van der Waals surface area contributed by atoms with Crippen LogP contribution in [0.15, 0.2) is 12.1 Å². The Morgan fingerprint density at radius 1 is 1.33 bits per heavy atom. The van der Waals surface area contributed by atoms with Crippen LogP contribution >= 0.6 is 0 Å². The van der Waals surface area contributed by atoms with Crippen LogP contribution in [0.5, 0.6) is 0 Å². The summed E-state index contributed by atoms with van der Waals surface area (Å²) < 4.78 is 0. The number of nitrogens with zero attached hydrogens (tertiary/aromatic N) is 2. The third kappa shape index (κ3) is 4.44. The Morgan fingerprint density at radius 3 is 2.81 bits per heavy atom. The third-order valence-corrected chi connectivity index (χ3v) is 4.42. The molecule has 1 aromatic rings. The summed E-state index contributed by atoms with van der Waals surface area (Å²) in [5.41, 5.74) is 2.48. The van der Waals surface area contributed by atoms with Crippen LogP contribution in [0, 0.1) is 6.92 Å². The molecule has 21 heavy (non-hydrogen) atoms. The van der Waals surface area contributed by atoms with E-state index in [1.807, 2.05) is 0 Å². The van der Waals surface area contributed by atoms with Gasteiger partial charge < -0.3 is 10.2 Å². The predicted octanol–water partition coefficient (Wildman–Crippen LogP) is 4.05. The fourth-order valence-electron chi connectivity index (χ4n) is 3.17. The molecular formula is C18H31N3. The molecule has 1 unspecified atom stereocenters. The summed E-state index contributed by atoms with van der Waals surface area (Å²) in [7, 11) is 0. The van der Waals surface area contributed by atoms with E-state index in [4.69, 9.17) is 4.98 Å². The molecule has 1 aliphatic rings. The Balaban J connectivity index is 2.10. The Bertz CT molecular complexity index is 440. The number of nitrogens with one attached hydrogen (secondary N) is 1. The minimum atomic E-state index is 0.514. The average molecular weight is 289 g/mol. The lowest BCUT2D eigenvalue weighted by atomic mass is 9.98. The molecular weight excluding hydrogens is 258 g/mol. The summed E-state index contributed by atoms with van der Waals surface area (Å²) in [6.07, 6.45) is 6.55. The zero-order valence-corrected chi connectivity index (χ0v) is 14.2. The first kappa shape index (κ1) is 16.3. The SMILES string of the molecule is CCCC1CCCCN1c1ccc(CNC(C)C)c(C)n1. The van der Waals surface area contributed by atoms with Gasteiger partial charge in [-0.15, -0.1) is 0 Å². The van der Waals surface area contributed by atoms with Crippen LogP contribution in [0.4, 0.5) is 5.82 Å². The number of rotatable bonds is 6. The van der Waals surface area contributed by atoms with Crippen molar-refractivity contribution in [2.45, 2.75) is 78.4 Å². The van der Waals surface area contributed by atoms with E-state index in [2.05, 4.69) is 50.0 Å². The molecule has 2 rings (SSSR count). The molecule has 1 fully saturated rings. The maximum Gasteiger partial charge on any atom is 0.129 e. The molecule has 1 aromatic heterocycles. The van der Waals surface area contributed by atoms with E-state index in [1.54, 1.807) is 0 Å².